The predicted octanol–water partition coefficient (Wildman–Crippen LogP) is 1.73. The number of nitrogens with two attached hydrogens (primary N) is 1. The van der Waals surface area contributed by atoms with Crippen LogP contribution in [0.15, 0.2) is 42.5 Å². The minimum Gasteiger partial charge on any atom is -0.445 e. The van der Waals surface area contributed by atoms with Gasteiger partial charge in [0, 0.05) is 6.04 Å². The van der Waals surface area contributed by atoms with Crippen LogP contribution in [-0.4, -0.2) is 18.0 Å². The molecule has 1 aliphatic carbocycles. The Bertz CT molecular complexity index is 499. The number of rotatable bonds is 4. The molecule has 0 saturated carbocycles. The van der Waals surface area contributed by atoms with Gasteiger partial charge in [-0.05, 0) is 18.4 Å². The minimum absolute atomic E-state index is 0.205. The average molecular weight is 274 g/mol. The number of primary amides is 1. The number of benzene rings is 1. The fraction of sp³-hybridized carbons (Fsp3) is 0.333. The van der Waals surface area contributed by atoms with Crippen molar-refractivity contribution in [2.24, 2.45) is 11.7 Å². The van der Waals surface area contributed by atoms with E-state index < -0.39 is 12.0 Å². The summed E-state index contributed by atoms with van der Waals surface area (Å²) in [4.78, 5) is 23.1. The Morgan fingerprint density at radius 3 is 2.60 bits per heavy atom. The second kappa shape index (κ2) is 6.75. The van der Waals surface area contributed by atoms with Crippen LogP contribution in [0.25, 0.3) is 0 Å². The molecule has 2 amide bonds. The molecule has 0 fully saturated rings. The Hall–Kier alpha value is -2.30. The molecule has 2 atom stereocenters. The van der Waals surface area contributed by atoms with Gasteiger partial charge in [0.1, 0.15) is 6.61 Å². The molecular formula is C15H18N2O3. The number of ether oxygens (including phenoxy) is 1. The van der Waals surface area contributed by atoms with Crippen molar-refractivity contribution >= 4 is 12.0 Å². The third-order valence-electron chi connectivity index (χ3n) is 3.31. The van der Waals surface area contributed by atoms with Crippen molar-refractivity contribution in [3.63, 3.8) is 0 Å². The van der Waals surface area contributed by atoms with Crippen molar-refractivity contribution in [3.05, 3.63) is 48.0 Å². The smallest absolute Gasteiger partial charge is 0.407 e. The third-order valence-corrected chi connectivity index (χ3v) is 3.31. The Balaban J connectivity index is 1.84. The Kier molecular flexibility index (Phi) is 4.76. The van der Waals surface area contributed by atoms with Crippen molar-refractivity contribution in [1.82, 2.24) is 5.32 Å². The fourth-order valence-electron chi connectivity index (χ4n) is 2.20. The molecule has 0 aliphatic heterocycles. The first-order valence-corrected chi connectivity index (χ1v) is 6.58. The Labute approximate surface area is 117 Å². The zero-order chi connectivity index (χ0) is 14.4. The van der Waals surface area contributed by atoms with Crippen LogP contribution in [0, 0.1) is 5.92 Å². The van der Waals surface area contributed by atoms with E-state index in [0.29, 0.717) is 12.8 Å². The molecule has 2 unspecified atom stereocenters. The zero-order valence-electron chi connectivity index (χ0n) is 11.1. The van der Waals surface area contributed by atoms with Gasteiger partial charge in [0.05, 0.1) is 5.92 Å². The predicted molar refractivity (Wildman–Crippen MR) is 74.6 cm³/mol. The largest absolute Gasteiger partial charge is 0.445 e. The van der Waals surface area contributed by atoms with Gasteiger partial charge in [0.15, 0.2) is 0 Å². The summed E-state index contributed by atoms with van der Waals surface area (Å²) in [7, 11) is 0. The highest BCUT2D eigenvalue weighted by atomic mass is 16.5. The van der Waals surface area contributed by atoms with Gasteiger partial charge in [0.25, 0.3) is 0 Å². The summed E-state index contributed by atoms with van der Waals surface area (Å²) < 4.78 is 5.13. The average Bonchev–Trinajstić information content (AvgIpc) is 2.46. The molecule has 0 spiro atoms. The summed E-state index contributed by atoms with van der Waals surface area (Å²) in [5, 5.41) is 2.71. The number of nitrogens with one attached hydrogen (secondary N) is 1. The van der Waals surface area contributed by atoms with Crippen LogP contribution < -0.4 is 11.1 Å². The summed E-state index contributed by atoms with van der Waals surface area (Å²) in [6, 6.07) is 9.12. The van der Waals surface area contributed by atoms with Crippen LogP contribution >= 0.6 is 0 Å². The molecule has 5 heteroatoms. The van der Waals surface area contributed by atoms with Crippen LogP contribution in [0.1, 0.15) is 18.4 Å². The lowest BCUT2D eigenvalue weighted by Gasteiger charge is -2.26. The monoisotopic (exact) mass is 274 g/mol. The highest BCUT2D eigenvalue weighted by Gasteiger charge is 2.28. The quantitative estimate of drug-likeness (QED) is 0.820. The normalized spacial score (nSPS) is 21.2. The summed E-state index contributed by atoms with van der Waals surface area (Å²) in [6.45, 7) is 0.205. The van der Waals surface area contributed by atoms with Crippen molar-refractivity contribution in [2.75, 3.05) is 0 Å². The summed E-state index contributed by atoms with van der Waals surface area (Å²) in [6.07, 6.45) is 4.46. The molecule has 1 aromatic carbocycles. The maximum atomic E-state index is 11.7. The maximum absolute atomic E-state index is 11.7. The van der Waals surface area contributed by atoms with E-state index in [-0.39, 0.29) is 18.6 Å². The van der Waals surface area contributed by atoms with Crippen LogP contribution in [0.3, 0.4) is 0 Å². The van der Waals surface area contributed by atoms with E-state index in [9.17, 15) is 9.59 Å². The molecule has 0 saturated heterocycles. The summed E-state index contributed by atoms with van der Waals surface area (Å²) in [5.74, 6) is -0.771. The van der Waals surface area contributed by atoms with Crippen molar-refractivity contribution < 1.29 is 14.3 Å². The second-order valence-corrected chi connectivity index (χ2v) is 4.76. The fourth-order valence-corrected chi connectivity index (χ4v) is 2.20. The number of hydrogen-bond acceptors (Lipinski definition) is 3. The number of hydrogen-bond donors (Lipinski definition) is 2. The van der Waals surface area contributed by atoms with Crippen LogP contribution in [-0.2, 0) is 16.1 Å². The molecule has 5 nitrogen and oxygen atoms in total. The molecule has 0 bridgehead atoms. The number of allylic oxidation sites excluding steroid dienone is 1. The zero-order valence-corrected chi connectivity index (χ0v) is 11.1. The number of amides is 2. The Morgan fingerprint density at radius 1 is 1.20 bits per heavy atom. The molecule has 0 radical (unpaired) electrons. The van der Waals surface area contributed by atoms with E-state index in [2.05, 4.69) is 5.32 Å². The van der Waals surface area contributed by atoms with E-state index in [1.807, 2.05) is 42.5 Å². The lowest BCUT2D eigenvalue weighted by atomic mass is 9.88. The van der Waals surface area contributed by atoms with E-state index in [1.165, 1.54) is 0 Å². The molecule has 1 aliphatic rings. The minimum atomic E-state index is -0.527. The van der Waals surface area contributed by atoms with Crippen LogP contribution in [0.5, 0.6) is 0 Å². The maximum Gasteiger partial charge on any atom is 0.407 e. The molecule has 2 rings (SSSR count). The Morgan fingerprint density at radius 2 is 1.90 bits per heavy atom. The first-order valence-electron chi connectivity index (χ1n) is 6.58. The highest BCUT2D eigenvalue weighted by molar-refractivity contribution is 5.79. The standard InChI is InChI=1S/C15H18N2O3/c16-14(18)12-8-4-5-9-13(12)17-15(19)20-10-11-6-2-1-3-7-11/h1-7,12-13H,8-10H2,(H2,16,18)(H,17,19). The first kappa shape index (κ1) is 14.1. The van der Waals surface area contributed by atoms with E-state index in [1.54, 1.807) is 0 Å². The van der Waals surface area contributed by atoms with Gasteiger partial charge in [-0.15, -0.1) is 0 Å². The van der Waals surface area contributed by atoms with Crippen LogP contribution in [0.2, 0.25) is 0 Å². The van der Waals surface area contributed by atoms with Gasteiger partial charge in [-0.2, -0.15) is 0 Å². The van der Waals surface area contributed by atoms with E-state index in [4.69, 9.17) is 10.5 Å². The summed E-state index contributed by atoms with van der Waals surface area (Å²) in [5.41, 5.74) is 6.25. The van der Waals surface area contributed by atoms with Gasteiger partial charge in [-0.25, -0.2) is 4.79 Å². The number of carbonyl (C=O) groups excluding carboxylic acids is 2. The van der Waals surface area contributed by atoms with Crippen molar-refractivity contribution in [2.45, 2.75) is 25.5 Å². The molecular weight excluding hydrogens is 256 g/mol. The van der Waals surface area contributed by atoms with Crippen molar-refractivity contribution in [1.29, 1.82) is 0 Å². The molecule has 106 valence electrons. The lowest BCUT2D eigenvalue weighted by molar-refractivity contribution is -0.122. The number of carbonyl (C=O) groups is 2. The summed E-state index contributed by atoms with van der Waals surface area (Å²) >= 11 is 0. The van der Waals surface area contributed by atoms with Crippen molar-refractivity contribution in [3.8, 4) is 0 Å². The third kappa shape index (κ3) is 3.85. The molecule has 3 N–H and O–H groups in total. The number of alkyl carbamates (subject to hydrolysis) is 1. The highest BCUT2D eigenvalue weighted by Crippen LogP contribution is 2.18. The van der Waals surface area contributed by atoms with Gasteiger partial charge < -0.3 is 15.8 Å². The molecule has 0 heterocycles. The molecule has 0 aromatic heterocycles. The van der Waals surface area contributed by atoms with Gasteiger partial charge in [0.2, 0.25) is 5.91 Å². The molecule has 20 heavy (non-hydrogen) atoms. The lowest BCUT2D eigenvalue weighted by Crippen LogP contribution is -2.46. The molecule has 1 aromatic rings. The van der Waals surface area contributed by atoms with Gasteiger partial charge in [-0.3, -0.25) is 4.79 Å². The van der Waals surface area contributed by atoms with E-state index in [0.717, 1.165) is 5.56 Å². The van der Waals surface area contributed by atoms with E-state index >= 15 is 0 Å². The van der Waals surface area contributed by atoms with Gasteiger partial charge in [-0.1, -0.05) is 42.5 Å². The van der Waals surface area contributed by atoms with Gasteiger partial charge >= 0.3 is 6.09 Å². The van der Waals surface area contributed by atoms with Crippen LogP contribution in [0.4, 0.5) is 4.79 Å². The first-order chi connectivity index (χ1) is 9.66. The SMILES string of the molecule is NC(=O)C1CC=CCC1NC(=O)OCc1ccccc1. The topological polar surface area (TPSA) is 81.4 Å². The second-order valence-electron chi connectivity index (χ2n) is 4.76.